The van der Waals surface area contributed by atoms with Crippen LogP contribution in [0.15, 0.2) is 72.8 Å². The number of hydrogen-bond acceptors (Lipinski definition) is 8. The van der Waals surface area contributed by atoms with Gasteiger partial charge in [0.1, 0.15) is 0 Å². The Labute approximate surface area is 199 Å². The maximum Gasteiger partial charge on any atom is 0.333 e. The van der Waals surface area contributed by atoms with Gasteiger partial charge >= 0.3 is 11.9 Å². The molecule has 8 heteroatoms. The van der Waals surface area contributed by atoms with E-state index in [9.17, 15) is 9.59 Å². The largest absolute Gasteiger partial charge is 0.424 e. The summed E-state index contributed by atoms with van der Waals surface area (Å²) in [4.78, 5) is 25.6. The van der Waals surface area contributed by atoms with Crippen molar-refractivity contribution >= 4 is 11.9 Å². The number of hydrogen-bond donors (Lipinski definition) is 2. The van der Waals surface area contributed by atoms with Gasteiger partial charge in [-0.3, -0.25) is 0 Å². The van der Waals surface area contributed by atoms with Crippen molar-refractivity contribution in [3.05, 3.63) is 83.9 Å². The first kappa shape index (κ1) is 24.1. The van der Waals surface area contributed by atoms with Crippen molar-refractivity contribution < 1.29 is 28.5 Å². The first-order valence-corrected chi connectivity index (χ1v) is 11.5. The zero-order valence-corrected chi connectivity index (χ0v) is 19.4. The van der Waals surface area contributed by atoms with Crippen LogP contribution >= 0.6 is 0 Å². The topological polar surface area (TPSA) is 95.1 Å². The Morgan fingerprint density at radius 2 is 1.15 bits per heavy atom. The van der Waals surface area contributed by atoms with Crippen LogP contribution in [0.3, 0.4) is 0 Å². The maximum absolute atomic E-state index is 12.8. The number of benzene rings is 2. The molecule has 4 unspecified atom stereocenters. The molecule has 8 nitrogen and oxygen atoms in total. The molecule has 34 heavy (non-hydrogen) atoms. The molecule has 2 aliphatic heterocycles. The molecule has 4 atom stereocenters. The van der Waals surface area contributed by atoms with Crippen LogP contribution in [0.5, 0.6) is 0 Å². The lowest BCUT2D eigenvalue weighted by molar-refractivity contribution is -0.261. The van der Waals surface area contributed by atoms with Gasteiger partial charge in [-0.15, -0.1) is 0 Å². The summed E-state index contributed by atoms with van der Waals surface area (Å²) in [6, 6.07) is 17.9. The van der Waals surface area contributed by atoms with Crippen molar-refractivity contribution in [3.8, 4) is 0 Å². The molecule has 0 bridgehead atoms. The number of carbonyl (C=O) groups excluding carboxylic acids is 2. The summed E-state index contributed by atoms with van der Waals surface area (Å²) in [7, 11) is 0. The third kappa shape index (κ3) is 4.90. The van der Waals surface area contributed by atoms with Crippen molar-refractivity contribution in [1.82, 2.24) is 10.6 Å². The highest BCUT2D eigenvalue weighted by molar-refractivity contribution is 5.92. The summed E-state index contributed by atoms with van der Waals surface area (Å²) in [5.41, 5.74) is 1.41. The van der Waals surface area contributed by atoms with Crippen LogP contribution in [0.2, 0.25) is 0 Å². The number of ether oxygens (including phenoxy) is 4. The fourth-order valence-corrected chi connectivity index (χ4v) is 4.34. The number of nitrogens with one attached hydrogen (secondary N) is 2. The Hall–Kier alpha value is -3.04. The van der Waals surface area contributed by atoms with Gasteiger partial charge in [-0.1, -0.05) is 60.7 Å². The number of carbonyl (C=O) groups is 2. The zero-order valence-electron chi connectivity index (χ0n) is 19.4. The first-order valence-electron chi connectivity index (χ1n) is 11.5. The lowest BCUT2D eigenvalue weighted by Crippen LogP contribution is -2.56. The highest BCUT2D eigenvalue weighted by Gasteiger charge is 2.46. The highest BCUT2D eigenvalue weighted by Crippen LogP contribution is 2.35. The molecule has 0 aromatic heterocycles. The monoisotopic (exact) mass is 466 g/mol. The smallest absolute Gasteiger partial charge is 0.333 e. The van der Waals surface area contributed by atoms with Crippen LogP contribution in [0.1, 0.15) is 25.0 Å². The van der Waals surface area contributed by atoms with Crippen molar-refractivity contribution in [2.45, 2.75) is 37.5 Å². The summed E-state index contributed by atoms with van der Waals surface area (Å²) in [5.74, 6) is -4.05. The summed E-state index contributed by atoms with van der Waals surface area (Å²) in [5, 5.41) is 6.56. The van der Waals surface area contributed by atoms with E-state index in [1.807, 2.05) is 74.5 Å². The molecule has 2 aromatic carbocycles. The van der Waals surface area contributed by atoms with E-state index < -0.39 is 23.5 Å². The molecule has 2 aliphatic rings. The normalized spacial score (nSPS) is 29.5. The van der Waals surface area contributed by atoms with Gasteiger partial charge < -0.3 is 29.6 Å². The molecule has 2 fully saturated rings. The van der Waals surface area contributed by atoms with Gasteiger partial charge in [0, 0.05) is 36.4 Å². The summed E-state index contributed by atoms with van der Waals surface area (Å²) in [6.45, 7) is 5.80. The summed E-state index contributed by atoms with van der Waals surface area (Å²) in [6.07, 6.45) is 2.11. The predicted octanol–water partition coefficient (Wildman–Crippen LogP) is 2.35. The minimum absolute atomic E-state index is 0.295. The second kappa shape index (κ2) is 10.5. The minimum Gasteiger partial charge on any atom is -0.424 e. The highest BCUT2D eigenvalue weighted by atomic mass is 16.7. The Balaban J connectivity index is 1.50. The third-order valence-electron chi connectivity index (χ3n) is 6.09. The lowest BCUT2D eigenvalue weighted by atomic mass is 9.97. The van der Waals surface area contributed by atoms with E-state index in [2.05, 4.69) is 10.6 Å². The Morgan fingerprint density at radius 1 is 0.765 bits per heavy atom. The second-order valence-corrected chi connectivity index (χ2v) is 8.29. The second-order valence-electron chi connectivity index (χ2n) is 8.29. The van der Waals surface area contributed by atoms with Gasteiger partial charge in [-0.25, -0.2) is 9.59 Å². The standard InChI is InChI=1S/C26H30N2O6/c1-19-25(31-17-15-27-19,21-9-5-3-6-10-21)33-23(29)13-14-24(30)34-26(20(2)28-16-18-32-26)22-11-7-4-8-12-22/h3-14,19-20,27-28H,15-18H2,1-2H3/b14-13+. The molecule has 2 aromatic rings. The van der Waals surface area contributed by atoms with E-state index in [1.54, 1.807) is 0 Å². The quantitative estimate of drug-likeness (QED) is 0.495. The molecular formula is C26H30N2O6. The first-order chi connectivity index (χ1) is 16.5. The van der Waals surface area contributed by atoms with Gasteiger partial charge in [0.05, 0.1) is 25.3 Å². The fourth-order valence-electron chi connectivity index (χ4n) is 4.34. The van der Waals surface area contributed by atoms with Crippen LogP contribution in [0.4, 0.5) is 0 Å². The Kier molecular flexibility index (Phi) is 7.43. The molecule has 2 heterocycles. The summed E-state index contributed by atoms with van der Waals surface area (Å²) < 4.78 is 23.5. The third-order valence-corrected chi connectivity index (χ3v) is 6.09. The SMILES string of the molecule is CC1NCCOC1(OC(=O)/C=C/C(=O)OC1(c2ccccc2)OCCNC1C)c1ccccc1. The Morgan fingerprint density at radius 3 is 1.50 bits per heavy atom. The molecule has 180 valence electrons. The molecular weight excluding hydrogens is 436 g/mol. The van der Waals surface area contributed by atoms with Crippen molar-refractivity contribution in [3.63, 3.8) is 0 Å². The maximum atomic E-state index is 12.8. The number of esters is 2. The fraction of sp³-hybridized carbons (Fsp3) is 0.385. The van der Waals surface area contributed by atoms with Crippen LogP contribution in [0.25, 0.3) is 0 Å². The average Bonchev–Trinajstić information content (AvgIpc) is 2.87. The molecule has 2 N–H and O–H groups in total. The summed E-state index contributed by atoms with van der Waals surface area (Å²) >= 11 is 0. The molecule has 0 radical (unpaired) electrons. The van der Waals surface area contributed by atoms with Gasteiger partial charge in [0.2, 0.25) is 0 Å². The van der Waals surface area contributed by atoms with Gasteiger partial charge in [-0.05, 0) is 13.8 Å². The average molecular weight is 467 g/mol. The molecule has 0 spiro atoms. The number of morpholine rings is 2. The molecule has 0 amide bonds. The van der Waals surface area contributed by atoms with Crippen molar-refractivity contribution in [2.24, 2.45) is 0 Å². The van der Waals surface area contributed by atoms with Gasteiger partial charge in [-0.2, -0.15) is 0 Å². The zero-order chi connectivity index (χ0) is 24.0. The lowest BCUT2D eigenvalue weighted by Gasteiger charge is -2.42. The minimum atomic E-state index is -1.30. The van der Waals surface area contributed by atoms with Crippen LogP contribution in [-0.2, 0) is 40.1 Å². The van der Waals surface area contributed by atoms with Gasteiger partial charge in [0.25, 0.3) is 11.6 Å². The van der Waals surface area contributed by atoms with E-state index in [1.165, 1.54) is 0 Å². The van der Waals surface area contributed by atoms with E-state index in [0.717, 1.165) is 12.2 Å². The van der Waals surface area contributed by atoms with Crippen LogP contribution < -0.4 is 10.6 Å². The van der Waals surface area contributed by atoms with Gasteiger partial charge in [0.15, 0.2) is 0 Å². The molecule has 4 rings (SSSR count). The molecule has 2 saturated heterocycles. The predicted molar refractivity (Wildman–Crippen MR) is 124 cm³/mol. The molecule has 0 saturated carbocycles. The van der Waals surface area contributed by atoms with E-state index >= 15 is 0 Å². The van der Waals surface area contributed by atoms with Crippen molar-refractivity contribution in [2.75, 3.05) is 26.3 Å². The van der Waals surface area contributed by atoms with Crippen LogP contribution in [0, 0.1) is 0 Å². The van der Waals surface area contributed by atoms with Crippen LogP contribution in [-0.4, -0.2) is 50.3 Å². The Bertz CT molecular complexity index is 933. The van der Waals surface area contributed by atoms with Crippen molar-refractivity contribution in [1.29, 1.82) is 0 Å². The van der Waals surface area contributed by atoms with E-state index in [4.69, 9.17) is 18.9 Å². The number of rotatable bonds is 6. The van der Waals surface area contributed by atoms with E-state index in [-0.39, 0.29) is 12.1 Å². The molecule has 0 aliphatic carbocycles. The van der Waals surface area contributed by atoms with E-state index in [0.29, 0.717) is 37.4 Å².